The van der Waals surface area contributed by atoms with Gasteiger partial charge in [-0.05, 0) is 88.6 Å². The van der Waals surface area contributed by atoms with Crippen LogP contribution in [0.15, 0.2) is 11.6 Å². The van der Waals surface area contributed by atoms with Crippen LogP contribution in [0.4, 0.5) is 0 Å². The maximum atomic E-state index is 3.25. The Balaban J connectivity index is 1.69. The Morgan fingerprint density at radius 3 is 2.18 bits per heavy atom. The zero-order chi connectivity index (χ0) is 11.8. The summed E-state index contributed by atoms with van der Waals surface area (Å²) in [6, 6.07) is 0. The molecule has 4 rings (SSSR count). The number of rotatable bonds is 4. The van der Waals surface area contributed by atoms with E-state index < -0.39 is 0 Å². The quantitative estimate of drug-likeness (QED) is 0.578. The molecule has 0 unspecified atom stereocenters. The van der Waals surface area contributed by atoms with Crippen LogP contribution in [0.25, 0.3) is 0 Å². The van der Waals surface area contributed by atoms with E-state index in [0.29, 0.717) is 0 Å². The van der Waals surface area contributed by atoms with Gasteiger partial charge in [0.1, 0.15) is 0 Å². The third-order valence-electron chi connectivity index (χ3n) is 5.61. The van der Waals surface area contributed by atoms with Crippen molar-refractivity contribution >= 4 is 0 Å². The number of allylic oxidation sites excluding steroid dienone is 1. The van der Waals surface area contributed by atoms with Crippen LogP contribution in [-0.2, 0) is 0 Å². The average molecular weight is 233 g/mol. The molecule has 4 bridgehead atoms. The monoisotopic (exact) mass is 233 g/mol. The third kappa shape index (κ3) is 2.19. The second kappa shape index (κ2) is 4.76. The number of hydrogen-bond acceptors (Lipinski definition) is 1. The summed E-state index contributed by atoms with van der Waals surface area (Å²) < 4.78 is 0. The van der Waals surface area contributed by atoms with Gasteiger partial charge in [-0.25, -0.2) is 0 Å². The normalized spacial score (nSPS) is 44.4. The summed E-state index contributed by atoms with van der Waals surface area (Å²) in [6.07, 6.45) is 11.5. The molecule has 0 radical (unpaired) electrons. The second-order valence-electron chi connectivity index (χ2n) is 6.80. The highest BCUT2D eigenvalue weighted by atomic mass is 14.8. The van der Waals surface area contributed by atoms with Gasteiger partial charge in [-0.1, -0.05) is 11.6 Å². The minimum Gasteiger partial charge on any atom is -0.319 e. The van der Waals surface area contributed by atoms with Crippen LogP contribution in [0.5, 0.6) is 0 Å². The molecule has 1 nitrogen and oxygen atoms in total. The van der Waals surface area contributed by atoms with E-state index in [-0.39, 0.29) is 0 Å². The molecule has 4 saturated carbocycles. The molecule has 0 amide bonds. The largest absolute Gasteiger partial charge is 0.319 e. The van der Waals surface area contributed by atoms with Gasteiger partial charge < -0.3 is 5.32 Å². The van der Waals surface area contributed by atoms with Crippen molar-refractivity contribution < 1.29 is 0 Å². The Hall–Kier alpha value is -0.300. The van der Waals surface area contributed by atoms with Gasteiger partial charge in [0, 0.05) is 0 Å². The van der Waals surface area contributed by atoms with E-state index in [1.54, 1.807) is 37.7 Å². The van der Waals surface area contributed by atoms with E-state index in [1.165, 1.54) is 6.42 Å². The Kier molecular flexibility index (Phi) is 3.30. The SMILES string of the molecule is CNCC/C=C(\C)C1C2CC3CC(C2)CC1C3. The molecular weight excluding hydrogens is 206 g/mol. The van der Waals surface area contributed by atoms with Gasteiger partial charge in [0.15, 0.2) is 0 Å². The molecule has 17 heavy (non-hydrogen) atoms. The minimum absolute atomic E-state index is 0.958. The summed E-state index contributed by atoms with van der Waals surface area (Å²) in [5, 5.41) is 3.25. The van der Waals surface area contributed by atoms with E-state index in [2.05, 4.69) is 18.3 Å². The van der Waals surface area contributed by atoms with Crippen molar-refractivity contribution in [1.29, 1.82) is 0 Å². The highest BCUT2D eigenvalue weighted by Crippen LogP contribution is 2.58. The zero-order valence-electron chi connectivity index (χ0n) is 11.4. The molecule has 96 valence electrons. The first-order valence-corrected chi connectivity index (χ1v) is 7.59. The summed E-state index contributed by atoms with van der Waals surface area (Å²) in [7, 11) is 2.05. The van der Waals surface area contributed by atoms with E-state index in [9.17, 15) is 0 Å². The first kappa shape index (κ1) is 11.8. The number of hydrogen-bond donors (Lipinski definition) is 1. The van der Waals surface area contributed by atoms with Crippen molar-refractivity contribution in [1.82, 2.24) is 5.32 Å². The Labute approximate surface area is 106 Å². The molecule has 0 atom stereocenters. The summed E-state index contributed by atoms with van der Waals surface area (Å²) in [5.41, 5.74) is 1.72. The molecule has 0 spiro atoms. The van der Waals surface area contributed by atoms with E-state index in [0.717, 1.165) is 36.1 Å². The predicted octanol–water partition coefficient (Wildman–Crippen LogP) is 3.61. The van der Waals surface area contributed by atoms with Gasteiger partial charge >= 0.3 is 0 Å². The highest BCUT2D eigenvalue weighted by Gasteiger charge is 2.48. The van der Waals surface area contributed by atoms with E-state index in [1.807, 2.05) is 7.05 Å². The first-order valence-electron chi connectivity index (χ1n) is 7.59. The third-order valence-corrected chi connectivity index (χ3v) is 5.61. The van der Waals surface area contributed by atoms with Crippen molar-refractivity contribution in [3.63, 3.8) is 0 Å². The van der Waals surface area contributed by atoms with Gasteiger partial charge in [-0.3, -0.25) is 0 Å². The highest BCUT2D eigenvalue weighted by molar-refractivity contribution is 5.13. The molecular formula is C16H27N. The van der Waals surface area contributed by atoms with Crippen molar-refractivity contribution in [3.8, 4) is 0 Å². The van der Waals surface area contributed by atoms with Crippen LogP contribution in [0.3, 0.4) is 0 Å². The van der Waals surface area contributed by atoms with Crippen molar-refractivity contribution in [2.24, 2.45) is 29.6 Å². The lowest BCUT2D eigenvalue weighted by atomic mass is 9.50. The van der Waals surface area contributed by atoms with Crippen LogP contribution < -0.4 is 5.32 Å². The van der Waals surface area contributed by atoms with Crippen LogP contribution in [0.2, 0.25) is 0 Å². The smallest absolute Gasteiger partial charge is 0.00172 e. The van der Waals surface area contributed by atoms with Crippen LogP contribution in [-0.4, -0.2) is 13.6 Å². The van der Waals surface area contributed by atoms with E-state index in [4.69, 9.17) is 0 Å². The van der Waals surface area contributed by atoms with Gasteiger partial charge in [-0.2, -0.15) is 0 Å². The molecule has 0 aromatic carbocycles. The summed E-state index contributed by atoms with van der Waals surface area (Å²) in [5.74, 6) is 5.28. The fraction of sp³-hybridized carbons (Fsp3) is 0.875. The lowest BCUT2D eigenvalue weighted by molar-refractivity contribution is -0.0208. The van der Waals surface area contributed by atoms with Gasteiger partial charge in [-0.15, -0.1) is 0 Å². The zero-order valence-corrected chi connectivity index (χ0v) is 11.4. The van der Waals surface area contributed by atoms with E-state index >= 15 is 0 Å². The Morgan fingerprint density at radius 1 is 1.06 bits per heavy atom. The predicted molar refractivity (Wildman–Crippen MR) is 72.8 cm³/mol. The number of nitrogens with one attached hydrogen (secondary N) is 1. The molecule has 0 saturated heterocycles. The lowest BCUT2D eigenvalue weighted by Crippen LogP contribution is -2.45. The molecule has 1 N–H and O–H groups in total. The Bertz CT molecular complexity index is 277. The van der Waals surface area contributed by atoms with Crippen LogP contribution >= 0.6 is 0 Å². The first-order chi connectivity index (χ1) is 8.28. The maximum absolute atomic E-state index is 3.25. The van der Waals surface area contributed by atoms with Crippen LogP contribution in [0.1, 0.15) is 45.4 Å². The lowest BCUT2D eigenvalue weighted by Gasteiger charge is -2.55. The summed E-state index contributed by atoms with van der Waals surface area (Å²) >= 11 is 0. The molecule has 0 aliphatic heterocycles. The van der Waals surface area contributed by atoms with Crippen molar-refractivity contribution in [2.45, 2.75) is 45.4 Å². The molecule has 4 fully saturated rings. The van der Waals surface area contributed by atoms with Crippen molar-refractivity contribution in [3.05, 3.63) is 11.6 Å². The maximum Gasteiger partial charge on any atom is -0.00172 e. The van der Waals surface area contributed by atoms with Gasteiger partial charge in [0.05, 0.1) is 0 Å². The molecule has 1 heteroatoms. The second-order valence-corrected chi connectivity index (χ2v) is 6.80. The molecule has 0 heterocycles. The van der Waals surface area contributed by atoms with Crippen molar-refractivity contribution in [2.75, 3.05) is 13.6 Å². The van der Waals surface area contributed by atoms with Gasteiger partial charge in [0.2, 0.25) is 0 Å². The molecule has 0 aromatic rings. The fourth-order valence-corrected chi connectivity index (χ4v) is 5.25. The molecule has 4 aliphatic carbocycles. The minimum atomic E-state index is 0.958. The standard InChI is InChI=1S/C16H27N/c1-11(4-3-5-17-2)16-14-7-12-6-13(9-14)10-15(16)8-12/h4,12-17H,3,5-10H2,1-2H3/b11-4+. The molecule has 0 aromatic heterocycles. The average Bonchev–Trinajstić information content (AvgIpc) is 2.27. The van der Waals surface area contributed by atoms with Gasteiger partial charge in [0.25, 0.3) is 0 Å². The summed E-state index contributed by atoms with van der Waals surface area (Å²) in [4.78, 5) is 0. The topological polar surface area (TPSA) is 12.0 Å². The van der Waals surface area contributed by atoms with Crippen LogP contribution in [0, 0.1) is 29.6 Å². The Morgan fingerprint density at radius 2 is 1.65 bits per heavy atom. The molecule has 4 aliphatic rings. The fourth-order valence-electron chi connectivity index (χ4n) is 5.25. The summed E-state index contributed by atoms with van der Waals surface area (Å²) in [6.45, 7) is 3.53.